The molecular formula is C11H14ClN3O3. The maximum absolute atomic E-state index is 12.0. The van der Waals surface area contributed by atoms with Crippen molar-refractivity contribution < 1.29 is 14.3 Å². The summed E-state index contributed by atoms with van der Waals surface area (Å²) in [4.78, 5) is 28.1. The zero-order valence-corrected chi connectivity index (χ0v) is 10.9. The zero-order chi connectivity index (χ0) is 13.7. The van der Waals surface area contributed by atoms with Crippen molar-refractivity contribution in [3.63, 3.8) is 0 Å². The molecule has 6 nitrogen and oxygen atoms in total. The normalized spacial score (nSPS) is 9.94. The summed E-state index contributed by atoms with van der Waals surface area (Å²) in [5, 5.41) is 0.0825. The summed E-state index contributed by atoms with van der Waals surface area (Å²) < 4.78 is 4.49. The number of esters is 1. The quantitative estimate of drug-likeness (QED) is 0.651. The first-order valence-corrected chi connectivity index (χ1v) is 5.56. The monoisotopic (exact) mass is 271 g/mol. The Labute approximate surface area is 110 Å². The second kappa shape index (κ2) is 6.20. The molecule has 0 atom stereocenters. The molecule has 2 N–H and O–H groups in total. The summed E-state index contributed by atoms with van der Waals surface area (Å²) in [5.74, 6) is -0.727. The van der Waals surface area contributed by atoms with Gasteiger partial charge in [0, 0.05) is 13.6 Å². The van der Waals surface area contributed by atoms with Crippen LogP contribution in [-0.2, 0) is 9.53 Å². The minimum atomic E-state index is -0.383. The van der Waals surface area contributed by atoms with Crippen molar-refractivity contribution in [3.05, 3.63) is 23.0 Å². The molecule has 0 bridgehead atoms. The molecule has 0 aromatic carbocycles. The average Bonchev–Trinajstić information content (AvgIpc) is 2.37. The van der Waals surface area contributed by atoms with Gasteiger partial charge >= 0.3 is 5.97 Å². The number of halogens is 1. The van der Waals surface area contributed by atoms with Gasteiger partial charge in [-0.2, -0.15) is 0 Å². The van der Waals surface area contributed by atoms with Gasteiger partial charge in [-0.15, -0.1) is 0 Å². The highest BCUT2D eigenvalue weighted by molar-refractivity contribution is 6.32. The Morgan fingerprint density at radius 3 is 2.83 bits per heavy atom. The van der Waals surface area contributed by atoms with Crippen molar-refractivity contribution in [2.45, 2.75) is 6.42 Å². The first-order valence-electron chi connectivity index (χ1n) is 5.19. The lowest BCUT2D eigenvalue weighted by molar-refractivity contribution is -0.140. The number of hydrogen-bond donors (Lipinski definition) is 1. The number of rotatable bonds is 4. The number of pyridine rings is 1. The van der Waals surface area contributed by atoms with Gasteiger partial charge in [0.2, 0.25) is 0 Å². The molecule has 0 radical (unpaired) electrons. The molecule has 0 spiro atoms. The molecule has 0 saturated carbocycles. The predicted octanol–water partition coefficient (Wildman–Crippen LogP) is 0.952. The van der Waals surface area contributed by atoms with Crippen molar-refractivity contribution in [3.8, 4) is 0 Å². The van der Waals surface area contributed by atoms with Crippen LogP contribution in [0.2, 0.25) is 5.15 Å². The maximum atomic E-state index is 12.0. The molecule has 1 aromatic rings. The van der Waals surface area contributed by atoms with Gasteiger partial charge in [-0.3, -0.25) is 9.59 Å². The Kier molecular flexibility index (Phi) is 4.91. The minimum absolute atomic E-state index is 0.0825. The Hall–Kier alpha value is -1.82. The highest BCUT2D eigenvalue weighted by Gasteiger charge is 2.17. The van der Waals surface area contributed by atoms with E-state index in [9.17, 15) is 9.59 Å². The van der Waals surface area contributed by atoms with Gasteiger partial charge in [-0.1, -0.05) is 11.6 Å². The first-order chi connectivity index (χ1) is 8.45. The van der Waals surface area contributed by atoms with Crippen molar-refractivity contribution in [1.82, 2.24) is 9.88 Å². The summed E-state index contributed by atoms with van der Waals surface area (Å²) in [6.07, 6.45) is 1.49. The molecule has 0 saturated heterocycles. The van der Waals surface area contributed by atoms with Crippen LogP contribution < -0.4 is 5.73 Å². The second-order valence-corrected chi connectivity index (χ2v) is 4.02. The third-order valence-corrected chi connectivity index (χ3v) is 2.62. The third-order valence-electron chi connectivity index (χ3n) is 2.32. The fraction of sp³-hybridized carbons (Fsp3) is 0.364. The van der Waals surface area contributed by atoms with Crippen LogP contribution in [0.5, 0.6) is 0 Å². The van der Waals surface area contributed by atoms with Crippen LogP contribution in [0.3, 0.4) is 0 Å². The zero-order valence-electron chi connectivity index (χ0n) is 10.1. The molecule has 0 unspecified atom stereocenters. The summed E-state index contributed by atoms with van der Waals surface area (Å²) in [7, 11) is 2.85. The van der Waals surface area contributed by atoms with Gasteiger partial charge in [0.25, 0.3) is 5.91 Å². The van der Waals surface area contributed by atoms with Gasteiger partial charge in [0.1, 0.15) is 5.15 Å². The summed E-state index contributed by atoms with van der Waals surface area (Å²) in [6, 6.07) is 1.45. The number of anilines is 1. The molecule has 1 aromatic heterocycles. The SMILES string of the molecule is COC(=O)CCN(C)C(=O)c1cc(N)cnc1Cl. The van der Waals surface area contributed by atoms with E-state index in [4.69, 9.17) is 17.3 Å². The van der Waals surface area contributed by atoms with Crippen LogP contribution in [0.25, 0.3) is 0 Å². The van der Waals surface area contributed by atoms with Crippen molar-refractivity contribution >= 4 is 29.2 Å². The van der Waals surface area contributed by atoms with E-state index in [1.165, 1.54) is 24.3 Å². The van der Waals surface area contributed by atoms with Crippen LogP contribution in [-0.4, -0.2) is 42.5 Å². The third kappa shape index (κ3) is 3.59. The Morgan fingerprint density at radius 2 is 2.22 bits per heavy atom. The molecule has 98 valence electrons. The van der Waals surface area contributed by atoms with Crippen LogP contribution >= 0.6 is 11.6 Å². The van der Waals surface area contributed by atoms with E-state index in [-0.39, 0.29) is 35.6 Å². The van der Waals surface area contributed by atoms with E-state index in [1.54, 1.807) is 7.05 Å². The highest BCUT2D eigenvalue weighted by Crippen LogP contribution is 2.17. The molecule has 1 amide bonds. The van der Waals surface area contributed by atoms with E-state index in [1.807, 2.05) is 0 Å². The molecular weight excluding hydrogens is 258 g/mol. The predicted molar refractivity (Wildman–Crippen MR) is 67.3 cm³/mol. The van der Waals surface area contributed by atoms with E-state index < -0.39 is 0 Å². The van der Waals surface area contributed by atoms with E-state index in [0.29, 0.717) is 5.69 Å². The number of carbonyl (C=O) groups is 2. The number of amides is 1. The Morgan fingerprint density at radius 1 is 1.56 bits per heavy atom. The minimum Gasteiger partial charge on any atom is -0.469 e. The second-order valence-electron chi connectivity index (χ2n) is 3.66. The number of nitrogens with zero attached hydrogens (tertiary/aromatic N) is 2. The van der Waals surface area contributed by atoms with Gasteiger partial charge in [0.05, 0.1) is 31.0 Å². The molecule has 7 heteroatoms. The van der Waals surface area contributed by atoms with Gasteiger partial charge in [-0.25, -0.2) is 4.98 Å². The lowest BCUT2D eigenvalue weighted by Gasteiger charge is -2.17. The van der Waals surface area contributed by atoms with Crippen LogP contribution in [0.4, 0.5) is 5.69 Å². The van der Waals surface area contributed by atoms with E-state index in [0.717, 1.165) is 0 Å². The lowest BCUT2D eigenvalue weighted by Crippen LogP contribution is -2.29. The molecule has 0 fully saturated rings. The molecule has 1 rings (SSSR count). The van der Waals surface area contributed by atoms with E-state index >= 15 is 0 Å². The Balaban J connectivity index is 2.74. The van der Waals surface area contributed by atoms with Crippen molar-refractivity contribution in [2.24, 2.45) is 0 Å². The number of carbonyl (C=O) groups excluding carboxylic acids is 2. The largest absolute Gasteiger partial charge is 0.469 e. The summed E-state index contributed by atoms with van der Waals surface area (Å²) in [5.41, 5.74) is 6.11. The molecule has 1 heterocycles. The van der Waals surface area contributed by atoms with Gasteiger partial charge < -0.3 is 15.4 Å². The van der Waals surface area contributed by atoms with Crippen molar-refractivity contribution in [2.75, 3.05) is 26.4 Å². The highest BCUT2D eigenvalue weighted by atomic mass is 35.5. The van der Waals surface area contributed by atoms with Crippen LogP contribution in [0, 0.1) is 0 Å². The number of nitrogens with two attached hydrogens (primary N) is 1. The number of hydrogen-bond acceptors (Lipinski definition) is 5. The first kappa shape index (κ1) is 14.2. The maximum Gasteiger partial charge on any atom is 0.307 e. The fourth-order valence-corrected chi connectivity index (χ4v) is 1.47. The fourth-order valence-electron chi connectivity index (χ4n) is 1.28. The lowest BCUT2D eigenvalue weighted by atomic mass is 10.2. The smallest absolute Gasteiger partial charge is 0.307 e. The van der Waals surface area contributed by atoms with Gasteiger partial charge in [0.15, 0.2) is 0 Å². The van der Waals surface area contributed by atoms with Crippen LogP contribution in [0.15, 0.2) is 12.3 Å². The summed E-state index contributed by atoms with van der Waals surface area (Å²) >= 11 is 5.82. The van der Waals surface area contributed by atoms with E-state index in [2.05, 4.69) is 9.72 Å². The number of aromatic nitrogens is 1. The number of nitrogen functional groups attached to an aromatic ring is 1. The van der Waals surface area contributed by atoms with Gasteiger partial charge in [-0.05, 0) is 6.07 Å². The number of methoxy groups -OCH3 is 1. The number of ether oxygens (including phenoxy) is 1. The standard InChI is InChI=1S/C11H14ClN3O3/c1-15(4-3-9(16)18-2)11(17)8-5-7(13)6-14-10(8)12/h5-6H,3-4,13H2,1-2H3. The molecule has 0 aliphatic carbocycles. The molecule has 0 aliphatic rings. The Bertz CT molecular complexity index is 465. The summed E-state index contributed by atoms with van der Waals surface area (Å²) in [6.45, 7) is 0.233. The topological polar surface area (TPSA) is 85.5 Å². The van der Waals surface area contributed by atoms with Crippen molar-refractivity contribution in [1.29, 1.82) is 0 Å². The molecule has 18 heavy (non-hydrogen) atoms. The molecule has 0 aliphatic heterocycles. The average molecular weight is 272 g/mol. The van der Waals surface area contributed by atoms with Crippen LogP contribution in [0.1, 0.15) is 16.8 Å².